The molecule has 3 heteroatoms. The van der Waals surface area contributed by atoms with Gasteiger partial charge in [-0.3, -0.25) is 10.3 Å². The highest BCUT2D eigenvalue weighted by atomic mass is 15.1. The first-order valence-electron chi connectivity index (χ1n) is 5.86. The molecule has 1 heterocycles. The summed E-state index contributed by atoms with van der Waals surface area (Å²) in [4.78, 5) is 2.44. The van der Waals surface area contributed by atoms with E-state index in [9.17, 15) is 0 Å². The number of likely N-dealkylation sites (tertiary alicyclic amines) is 1. The maximum absolute atomic E-state index is 7.44. The predicted molar refractivity (Wildman–Crippen MR) is 66.4 cm³/mol. The Morgan fingerprint density at radius 3 is 2.44 bits per heavy atom. The summed E-state index contributed by atoms with van der Waals surface area (Å²) in [6, 6.07) is 10.5. The van der Waals surface area contributed by atoms with Crippen molar-refractivity contribution in [3.05, 3.63) is 35.9 Å². The molecule has 1 aliphatic rings. The molecule has 3 nitrogen and oxygen atoms in total. The van der Waals surface area contributed by atoms with Crippen molar-refractivity contribution in [1.82, 2.24) is 4.90 Å². The van der Waals surface area contributed by atoms with Crippen molar-refractivity contribution in [1.29, 1.82) is 5.41 Å². The second-order valence-corrected chi connectivity index (χ2v) is 4.49. The monoisotopic (exact) mass is 217 g/mol. The van der Waals surface area contributed by atoms with Crippen molar-refractivity contribution in [2.24, 2.45) is 11.7 Å². The number of piperidine rings is 1. The minimum Gasteiger partial charge on any atom is -0.387 e. The number of amidine groups is 1. The van der Waals surface area contributed by atoms with E-state index >= 15 is 0 Å². The lowest BCUT2D eigenvalue weighted by Gasteiger charge is -2.31. The zero-order valence-corrected chi connectivity index (χ0v) is 9.52. The number of nitrogens with one attached hydrogen (secondary N) is 1. The molecule has 0 aliphatic carbocycles. The summed E-state index contributed by atoms with van der Waals surface area (Å²) in [6.07, 6.45) is 2.06. The maximum atomic E-state index is 7.44. The fourth-order valence-electron chi connectivity index (χ4n) is 2.24. The second-order valence-electron chi connectivity index (χ2n) is 4.49. The maximum Gasteiger partial charge on any atom is 0.0937 e. The van der Waals surface area contributed by atoms with Gasteiger partial charge in [-0.25, -0.2) is 0 Å². The van der Waals surface area contributed by atoms with Crippen LogP contribution in [-0.2, 0) is 6.54 Å². The molecule has 0 spiro atoms. The van der Waals surface area contributed by atoms with Crippen LogP contribution in [0.5, 0.6) is 0 Å². The lowest BCUT2D eigenvalue weighted by molar-refractivity contribution is 0.201. The van der Waals surface area contributed by atoms with Crippen LogP contribution in [0.2, 0.25) is 0 Å². The normalized spacial score (nSPS) is 18.5. The molecule has 2 rings (SSSR count). The first-order valence-corrected chi connectivity index (χ1v) is 5.86. The Balaban J connectivity index is 1.84. The summed E-state index contributed by atoms with van der Waals surface area (Å²) in [6.45, 7) is 3.13. The van der Waals surface area contributed by atoms with Crippen LogP contribution < -0.4 is 5.73 Å². The number of nitrogens with two attached hydrogens (primary N) is 1. The van der Waals surface area contributed by atoms with Crippen molar-refractivity contribution < 1.29 is 0 Å². The van der Waals surface area contributed by atoms with Crippen LogP contribution in [0.15, 0.2) is 30.3 Å². The van der Waals surface area contributed by atoms with Crippen LogP contribution in [0.25, 0.3) is 0 Å². The van der Waals surface area contributed by atoms with Gasteiger partial charge in [-0.2, -0.15) is 0 Å². The van der Waals surface area contributed by atoms with Crippen LogP contribution in [0, 0.1) is 11.3 Å². The van der Waals surface area contributed by atoms with E-state index in [0.717, 1.165) is 32.5 Å². The van der Waals surface area contributed by atoms with Gasteiger partial charge in [0.15, 0.2) is 0 Å². The van der Waals surface area contributed by atoms with Gasteiger partial charge in [-0.1, -0.05) is 30.3 Å². The van der Waals surface area contributed by atoms with Crippen molar-refractivity contribution in [2.45, 2.75) is 19.4 Å². The fourth-order valence-corrected chi connectivity index (χ4v) is 2.24. The Bertz CT molecular complexity index is 339. The van der Waals surface area contributed by atoms with Gasteiger partial charge in [0.1, 0.15) is 0 Å². The molecular formula is C13H19N3. The third kappa shape index (κ3) is 2.83. The molecule has 0 radical (unpaired) electrons. The summed E-state index contributed by atoms with van der Waals surface area (Å²) >= 11 is 0. The molecule has 86 valence electrons. The van der Waals surface area contributed by atoms with Gasteiger partial charge in [0, 0.05) is 12.5 Å². The van der Waals surface area contributed by atoms with Gasteiger partial charge in [-0.05, 0) is 31.5 Å². The van der Waals surface area contributed by atoms with Gasteiger partial charge in [0.2, 0.25) is 0 Å². The zero-order chi connectivity index (χ0) is 11.4. The van der Waals surface area contributed by atoms with Gasteiger partial charge >= 0.3 is 0 Å². The Hall–Kier alpha value is -1.35. The van der Waals surface area contributed by atoms with E-state index < -0.39 is 0 Å². The molecule has 1 saturated heterocycles. The topological polar surface area (TPSA) is 53.1 Å². The van der Waals surface area contributed by atoms with Crippen molar-refractivity contribution >= 4 is 5.84 Å². The molecule has 0 unspecified atom stereocenters. The Morgan fingerprint density at radius 2 is 1.88 bits per heavy atom. The van der Waals surface area contributed by atoms with Crippen LogP contribution in [0.4, 0.5) is 0 Å². The van der Waals surface area contributed by atoms with E-state index in [1.165, 1.54) is 5.56 Å². The largest absolute Gasteiger partial charge is 0.387 e. The third-order valence-corrected chi connectivity index (χ3v) is 3.28. The number of benzene rings is 1. The van der Waals surface area contributed by atoms with Gasteiger partial charge in [0.05, 0.1) is 5.84 Å². The number of rotatable bonds is 3. The van der Waals surface area contributed by atoms with E-state index in [4.69, 9.17) is 11.1 Å². The minimum absolute atomic E-state index is 0.312. The molecule has 1 aromatic carbocycles. The summed E-state index contributed by atoms with van der Waals surface area (Å²) in [5, 5.41) is 7.44. The molecule has 0 saturated carbocycles. The minimum atomic E-state index is 0.312. The van der Waals surface area contributed by atoms with Crippen LogP contribution >= 0.6 is 0 Å². The van der Waals surface area contributed by atoms with E-state index in [0.29, 0.717) is 11.8 Å². The van der Waals surface area contributed by atoms with E-state index in [2.05, 4.69) is 29.2 Å². The Morgan fingerprint density at radius 1 is 1.25 bits per heavy atom. The smallest absolute Gasteiger partial charge is 0.0937 e. The first-order chi connectivity index (χ1) is 7.75. The molecule has 1 fully saturated rings. The lowest BCUT2D eigenvalue weighted by Crippen LogP contribution is -2.37. The molecular weight excluding hydrogens is 198 g/mol. The fraction of sp³-hybridized carbons (Fsp3) is 0.462. The van der Waals surface area contributed by atoms with E-state index in [1.54, 1.807) is 0 Å². The molecule has 1 aromatic rings. The van der Waals surface area contributed by atoms with Gasteiger partial charge < -0.3 is 5.73 Å². The molecule has 1 aliphatic heterocycles. The Labute approximate surface area is 96.8 Å². The quantitative estimate of drug-likeness (QED) is 0.599. The summed E-state index contributed by atoms with van der Waals surface area (Å²) < 4.78 is 0. The van der Waals surface area contributed by atoms with E-state index in [-0.39, 0.29) is 0 Å². The van der Waals surface area contributed by atoms with Crippen molar-refractivity contribution in [3.63, 3.8) is 0 Å². The lowest BCUT2D eigenvalue weighted by atomic mass is 9.95. The molecule has 0 aromatic heterocycles. The molecule has 16 heavy (non-hydrogen) atoms. The average molecular weight is 217 g/mol. The highest BCUT2D eigenvalue weighted by Gasteiger charge is 2.20. The first kappa shape index (κ1) is 11.1. The molecule has 0 atom stereocenters. The molecule has 0 amide bonds. The number of hydrogen-bond acceptors (Lipinski definition) is 2. The number of hydrogen-bond donors (Lipinski definition) is 2. The third-order valence-electron chi connectivity index (χ3n) is 3.28. The summed E-state index contributed by atoms with van der Waals surface area (Å²) in [7, 11) is 0. The highest BCUT2D eigenvalue weighted by Crippen LogP contribution is 2.18. The SMILES string of the molecule is N=C(N)C1CCN(Cc2ccccc2)CC1. The summed E-state index contributed by atoms with van der Waals surface area (Å²) in [5.74, 6) is 0.673. The predicted octanol–water partition coefficient (Wildman–Crippen LogP) is 1.83. The standard InChI is InChI=1S/C13H19N3/c14-13(15)12-6-8-16(9-7-12)10-11-4-2-1-3-5-11/h1-5,12H,6-10H2,(H3,14,15). The molecule has 0 bridgehead atoms. The van der Waals surface area contributed by atoms with Crippen LogP contribution in [-0.4, -0.2) is 23.8 Å². The van der Waals surface area contributed by atoms with Gasteiger partial charge in [-0.15, -0.1) is 0 Å². The van der Waals surface area contributed by atoms with Gasteiger partial charge in [0.25, 0.3) is 0 Å². The van der Waals surface area contributed by atoms with E-state index in [1.807, 2.05) is 6.07 Å². The van der Waals surface area contributed by atoms with Crippen molar-refractivity contribution in [2.75, 3.05) is 13.1 Å². The zero-order valence-electron chi connectivity index (χ0n) is 9.52. The number of nitrogens with zero attached hydrogens (tertiary/aromatic N) is 1. The average Bonchev–Trinajstić information content (AvgIpc) is 2.31. The second kappa shape index (κ2) is 5.12. The van der Waals surface area contributed by atoms with Crippen molar-refractivity contribution in [3.8, 4) is 0 Å². The van der Waals surface area contributed by atoms with Crippen LogP contribution in [0.1, 0.15) is 18.4 Å². The highest BCUT2D eigenvalue weighted by molar-refractivity contribution is 5.79. The molecule has 3 N–H and O–H groups in total. The summed E-state index contributed by atoms with van der Waals surface area (Å²) in [5.41, 5.74) is 6.89. The Kier molecular flexibility index (Phi) is 3.57. The van der Waals surface area contributed by atoms with Crippen LogP contribution in [0.3, 0.4) is 0 Å².